The van der Waals surface area contributed by atoms with Gasteiger partial charge in [-0.05, 0) is 103 Å². The van der Waals surface area contributed by atoms with E-state index in [2.05, 4.69) is 118 Å². The summed E-state index contributed by atoms with van der Waals surface area (Å²) in [6, 6.07) is 0. The normalized spacial score (nSPS) is 12.9. The van der Waals surface area contributed by atoms with Gasteiger partial charge in [-0.25, -0.2) is 0 Å². The van der Waals surface area contributed by atoms with Crippen LogP contribution in [0.1, 0.15) is 233 Å². The van der Waals surface area contributed by atoms with Crippen LogP contribution in [0.25, 0.3) is 0 Å². The summed E-state index contributed by atoms with van der Waals surface area (Å²) in [4.78, 5) is 38.0. The molecule has 6 nitrogen and oxygen atoms in total. The molecule has 0 aromatic rings. The molecule has 0 fully saturated rings. The Hall–Kier alpha value is -3.67. The van der Waals surface area contributed by atoms with Gasteiger partial charge in [-0.15, -0.1) is 0 Å². The van der Waals surface area contributed by atoms with Crippen LogP contribution in [-0.2, 0) is 28.6 Å². The van der Waals surface area contributed by atoms with Gasteiger partial charge in [0.2, 0.25) is 0 Å². The lowest BCUT2D eigenvalue weighted by atomic mass is 10.1. The van der Waals surface area contributed by atoms with Gasteiger partial charge in [0, 0.05) is 19.3 Å². The fourth-order valence-electron chi connectivity index (χ4n) is 6.94. The zero-order chi connectivity index (χ0) is 46.5. The maximum Gasteiger partial charge on any atom is 0.306 e. The van der Waals surface area contributed by atoms with Crippen LogP contribution in [0.4, 0.5) is 0 Å². The highest BCUT2D eigenvalue weighted by Crippen LogP contribution is 2.14. The molecule has 0 N–H and O–H groups in total. The molecule has 0 aromatic heterocycles. The van der Waals surface area contributed by atoms with E-state index in [1.54, 1.807) is 0 Å². The molecule has 0 saturated carbocycles. The van der Waals surface area contributed by atoms with E-state index in [9.17, 15) is 14.4 Å². The third-order valence-corrected chi connectivity index (χ3v) is 10.8. The summed E-state index contributed by atoms with van der Waals surface area (Å²) in [6.45, 7) is 6.31. The van der Waals surface area contributed by atoms with E-state index in [1.165, 1.54) is 89.9 Å². The van der Waals surface area contributed by atoms with E-state index in [4.69, 9.17) is 14.2 Å². The Labute approximate surface area is 394 Å². The molecule has 0 heterocycles. The number of esters is 3. The van der Waals surface area contributed by atoms with Gasteiger partial charge in [-0.3, -0.25) is 14.4 Å². The van der Waals surface area contributed by atoms with E-state index in [-0.39, 0.29) is 37.5 Å². The van der Waals surface area contributed by atoms with Gasteiger partial charge in [0.25, 0.3) is 0 Å². The van der Waals surface area contributed by atoms with Gasteiger partial charge < -0.3 is 14.2 Å². The van der Waals surface area contributed by atoms with Crippen molar-refractivity contribution in [3.05, 3.63) is 97.2 Å². The molecule has 0 bridgehead atoms. The van der Waals surface area contributed by atoms with Gasteiger partial charge >= 0.3 is 17.9 Å². The van der Waals surface area contributed by atoms with Crippen molar-refractivity contribution < 1.29 is 28.6 Å². The van der Waals surface area contributed by atoms with Crippen molar-refractivity contribution in [2.24, 2.45) is 0 Å². The van der Waals surface area contributed by atoms with E-state index < -0.39 is 6.10 Å². The van der Waals surface area contributed by atoms with Crippen molar-refractivity contribution >= 4 is 17.9 Å². The molecular weight excluding hydrogens is 793 g/mol. The Morgan fingerprint density at radius 1 is 0.344 bits per heavy atom. The molecule has 0 rings (SSSR count). The summed E-state index contributed by atoms with van der Waals surface area (Å²) < 4.78 is 16.7. The van der Waals surface area contributed by atoms with Crippen molar-refractivity contribution in [3.63, 3.8) is 0 Å². The third kappa shape index (κ3) is 49.3. The maximum atomic E-state index is 12.8. The summed E-state index contributed by atoms with van der Waals surface area (Å²) in [5.41, 5.74) is 0. The molecule has 0 radical (unpaired) electrons. The zero-order valence-corrected chi connectivity index (χ0v) is 41.5. The predicted octanol–water partition coefficient (Wildman–Crippen LogP) is 17.4. The lowest BCUT2D eigenvalue weighted by Crippen LogP contribution is -2.30. The number of hydrogen-bond donors (Lipinski definition) is 0. The molecule has 0 amide bonds. The number of carbonyl (C=O) groups is 3. The summed E-state index contributed by atoms with van der Waals surface area (Å²) in [5.74, 6) is -0.977. The topological polar surface area (TPSA) is 78.9 Å². The van der Waals surface area contributed by atoms with Crippen molar-refractivity contribution in [3.8, 4) is 0 Å². The van der Waals surface area contributed by atoms with Crippen LogP contribution in [0.3, 0.4) is 0 Å². The molecule has 0 spiro atoms. The first-order valence-electron chi connectivity index (χ1n) is 26.3. The molecule has 1 unspecified atom stereocenters. The molecule has 0 aliphatic carbocycles. The van der Waals surface area contributed by atoms with Crippen LogP contribution >= 0.6 is 0 Å². The van der Waals surface area contributed by atoms with Crippen LogP contribution in [0.15, 0.2) is 97.2 Å². The highest BCUT2D eigenvalue weighted by atomic mass is 16.6. The van der Waals surface area contributed by atoms with Crippen molar-refractivity contribution in [1.29, 1.82) is 0 Å². The Balaban J connectivity index is 4.41. The predicted molar refractivity (Wildman–Crippen MR) is 274 cm³/mol. The molecular formula is C58H96O6. The van der Waals surface area contributed by atoms with E-state index >= 15 is 0 Å². The van der Waals surface area contributed by atoms with E-state index in [0.29, 0.717) is 19.3 Å². The number of allylic oxidation sites excluding steroid dienone is 16. The Kier molecular flexibility index (Phi) is 49.0. The average molecular weight is 889 g/mol. The van der Waals surface area contributed by atoms with Crippen LogP contribution in [0.2, 0.25) is 0 Å². The van der Waals surface area contributed by atoms with E-state index in [1.807, 2.05) is 0 Å². The van der Waals surface area contributed by atoms with Crippen LogP contribution in [0.5, 0.6) is 0 Å². The third-order valence-electron chi connectivity index (χ3n) is 10.8. The van der Waals surface area contributed by atoms with Crippen molar-refractivity contribution in [1.82, 2.24) is 0 Å². The minimum absolute atomic E-state index is 0.101. The molecule has 64 heavy (non-hydrogen) atoms. The number of rotatable bonds is 46. The average Bonchev–Trinajstić information content (AvgIpc) is 3.29. The first-order chi connectivity index (χ1) is 31.5. The van der Waals surface area contributed by atoms with Crippen molar-refractivity contribution in [2.75, 3.05) is 13.2 Å². The Morgan fingerprint density at radius 3 is 1.11 bits per heavy atom. The van der Waals surface area contributed by atoms with E-state index in [0.717, 1.165) is 96.3 Å². The number of carbonyl (C=O) groups excluding carboxylic acids is 3. The fourth-order valence-corrected chi connectivity index (χ4v) is 6.94. The number of ether oxygens (including phenoxy) is 3. The lowest BCUT2D eigenvalue weighted by molar-refractivity contribution is -0.167. The summed E-state index contributed by atoms with van der Waals surface area (Å²) in [6.07, 6.45) is 68.3. The molecule has 0 aliphatic rings. The van der Waals surface area contributed by atoms with Crippen LogP contribution in [-0.4, -0.2) is 37.2 Å². The number of unbranched alkanes of at least 4 members (excludes halogenated alkanes) is 20. The van der Waals surface area contributed by atoms with Gasteiger partial charge in [-0.2, -0.15) is 0 Å². The quantitative estimate of drug-likeness (QED) is 0.0199. The molecule has 364 valence electrons. The van der Waals surface area contributed by atoms with Crippen LogP contribution < -0.4 is 0 Å². The minimum Gasteiger partial charge on any atom is -0.462 e. The molecule has 1 atom stereocenters. The summed E-state index contributed by atoms with van der Waals surface area (Å²) in [7, 11) is 0. The zero-order valence-electron chi connectivity index (χ0n) is 41.5. The SMILES string of the molecule is CC/C=C\C/C=C\C/C=C\CCCCCCCCC(=O)OC(COC(=O)CCC/C=C\C/C=C\C/C=C\CC)COC(=O)CCCCCCCCCCCC/C=C\C=C/CCCCC. The second kappa shape index (κ2) is 52.0. The van der Waals surface area contributed by atoms with Crippen LogP contribution in [0, 0.1) is 0 Å². The van der Waals surface area contributed by atoms with Gasteiger partial charge in [0.15, 0.2) is 6.10 Å². The fraction of sp³-hybridized carbons (Fsp3) is 0.672. The van der Waals surface area contributed by atoms with Gasteiger partial charge in [0.1, 0.15) is 13.2 Å². The second-order valence-electron chi connectivity index (χ2n) is 17.0. The molecule has 6 heteroatoms. The largest absolute Gasteiger partial charge is 0.462 e. The molecule has 0 saturated heterocycles. The number of hydrogen-bond acceptors (Lipinski definition) is 6. The Morgan fingerprint density at radius 2 is 0.672 bits per heavy atom. The van der Waals surface area contributed by atoms with Crippen molar-refractivity contribution in [2.45, 2.75) is 239 Å². The first kappa shape index (κ1) is 60.3. The lowest BCUT2D eigenvalue weighted by Gasteiger charge is -2.18. The summed E-state index contributed by atoms with van der Waals surface area (Å²) in [5, 5.41) is 0. The van der Waals surface area contributed by atoms with Gasteiger partial charge in [0.05, 0.1) is 0 Å². The second-order valence-corrected chi connectivity index (χ2v) is 17.0. The van der Waals surface area contributed by atoms with Gasteiger partial charge in [-0.1, -0.05) is 208 Å². The minimum atomic E-state index is -0.806. The monoisotopic (exact) mass is 889 g/mol. The molecule has 0 aliphatic heterocycles. The summed E-state index contributed by atoms with van der Waals surface area (Å²) >= 11 is 0. The first-order valence-corrected chi connectivity index (χ1v) is 26.3. The standard InChI is InChI=1S/C58H96O6/c1-4-7-10-13-16-19-22-24-26-28-29-30-32-33-36-39-42-45-48-51-57(60)63-54-55(53-62-56(59)50-47-44-41-38-35-21-18-15-12-9-6-3)64-58(61)52-49-46-43-40-37-34-31-27-25-23-20-17-14-11-8-5-2/h8-9,11-12,16-22,24-25,27,38,41,55H,4-7,10,13-15,23,26,28-37,39-40,42-54H2,1-3H3/b11-8-,12-9-,19-16-,20-17-,21-18-,24-22-,27-25-,41-38-. The highest BCUT2D eigenvalue weighted by molar-refractivity contribution is 5.71. The maximum absolute atomic E-state index is 12.8. The Bertz CT molecular complexity index is 1300. The smallest absolute Gasteiger partial charge is 0.306 e. The molecule has 0 aromatic carbocycles. The highest BCUT2D eigenvalue weighted by Gasteiger charge is 2.19.